The van der Waals surface area contributed by atoms with Crippen molar-refractivity contribution in [3.05, 3.63) is 77.7 Å². The number of aryl methyl sites for hydroxylation is 1. The maximum absolute atomic E-state index is 5.59. The Labute approximate surface area is 159 Å². The predicted octanol–water partition coefficient (Wildman–Crippen LogP) is 3.56. The summed E-state index contributed by atoms with van der Waals surface area (Å²) in [7, 11) is 1.80. The molecule has 0 saturated heterocycles. The maximum atomic E-state index is 5.59. The highest BCUT2D eigenvalue weighted by Crippen LogP contribution is 2.21. The Morgan fingerprint density at radius 3 is 2.70 bits per heavy atom. The van der Waals surface area contributed by atoms with Crippen molar-refractivity contribution >= 4 is 5.96 Å². The van der Waals surface area contributed by atoms with Crippen molar-refractivity contribution in [1.82, 2.24) is 15.6 Å². The lowest BCUT2D eigenvalue weighted by Crippen LogP contribution is -2.45. The molecule has 0 fully saturated rings. The monoisotopic (exact) mass is 360 g/mol. The highest BCUT2D eigenvalue weighted by atomic mass is 16.3. The minimum atomic E-state index is 0.392. The molecule has 1 aliphatic carbocycles. The molecule has 5 nitrogen and oxygen atoms in total. The van der Waals surface area contributed by atoms with Crippen LogP contribution < -0.4 is 10.6 Å². The Morgan fingerprint density at radius 2 is 1.89 bits per heavy atom. The Balaban J connectivity index is 1.33. The van der Waals surface area contributed by atoms with Crippen LogP contribution in [-0.2, 0) is 19.4 Å². The van der Waals surface area contributed by atoms with Crippen molar-refractivity contribution in [1.29, 1.82) is 0 Å². The number of rotatable bonds is 4. The number of fused-ring (bicyclic) bond motifs is 1. The van der Waals surface area contributed by atoms with Gasteiger partial charge in [0.05, 0.1) is 12.2 Å². The lowest BCUT2D eigenvalue weighted by molar-refractivity contribution is 0.520. The number of nitrogens with zero attached hydrogens (tertiary/aromatic N) is 2. The van der Waals surface area contributed by atoms with Gasteiger partial charge in [-0.15, -0.1) is 0 Å². The fraction of sp³-hybridized carbons (Fsp3) is 0.273. The van der Waals surface area contributed by atoms with Crippen LogP contribution in [0.5, 0.6) is 0 Å². The van der Waals surface area contributed by atoms with E-state index in [-0.39, 0.29) is 0 Å². The molecule has 1 unspecified atom stereocenters. The summed E-state index contributed by atoms with van der Waals surface area (Å²) in [6, 6.07) is 19.0. The van der Waals surface area contributed by atoms with Crippen LogP contribution in [0.3, 0.4) is 0 Å². The average molecular weight is 360 g/mol. The molecule has 1 aliphatic rings. The van der Waals surface area contributed by atoms with Crippen LogP contribution in [0.4, 0.5) is 0 Å². The quantitative estimate of drug-likeness (QED) is 0.552. The van der Waals surface area contributed by atoms with Crippen LogP contribution in [0.25, 0.3) is 11.5 Å². The molecule has 0 aliphatic heterocycles. The molecule has 0 spiro atoms. The second-order valence-corrected chi connectivity index (χ2v) is 6.79. The summed E-state index contributed by atoms with van der Waals surface area (Å²) in [6.07, 6.45) is 4.94. The molecule has 0 amide bonds. The first-order chi connectivity index (χ1) is 13.3. The highest BCUT2D eigenvalue weighted by Gasteiger charge is 2.19. The van der Waals surface area contributed by atoms with E-state index in [9.17, 15) is 0 Å². The number of hydrogen-bond acceptors (Lipinski definition) is 3. The zero-order valence-electron chi connectivity index (χ0n) is 15.5. The molecule has 4 rings (SSSR count). The van der Waals surface area contributed by atoms with Gasteiger partial charge >= 0.3 is 0 Å². The van der Waals surface area contributed by atoms with Gasteiger partial charge in [-0.1, -0.05) is 42.5 Å². The molecule has 1 heterocycles. The molecule has 1 atom stereocenters. The van der Waals surface area contributed by atoms with Crippen molar-refractivity contribution in [2.24, 2.45) is 4.99 Å². The first-order valence-electron chi connectivity index (χ1n) is 9.35. The van der Waals surface area contributed by atoms with Crippen LogP contribution in [-0.4, -0.2) is 24.0 Å². The number of aliphatic imine (C=N–C) groups is 1. The predicted molar refractivity (Wildman–Crippen MR) is 108 cm³/mol. The minimum Gasteiger partial charge on any atom is -0.444 e. The Hall–Kier alpha value is -3.08. The van der Waals surface area contributed by atoms with Crippen LogP contribution in [0.1, 0.15) is 23.2 Å². The van der Waals surface area contributed by atoms with Crippen molar-refractivity contribution < 1.29 is 4.42 Å². The van der Waals surface area contributed by atoms with E-state index in [1.165, 1.54) is 11.1 Å². The van der Waals surface area contributed by atoms with E-state index in [0.29, 0.717) is 18.5 Å². The first kappa shape index (κ1) is 17.3. The first-order valence-corrected chi connectivity index (χ1v) is 9.35. The van der Waals surface area contributed by atoms with Crippen molar-refractivity contribution in [2.45, 2.75) is 31.8 Å². The number of guanidine groups is 1. The number of hydrogen-bond donors (Lipinski definition) is 2. The van der Waals surface area contributed by atoms with Crippen molar-refractivity contribution in [2.75, 3.05) is 7.05 Å². The molecule has 5 heteroatoms. The molecule has 0 radical (unpaired) electrons. The SMILES string of the molecule is CN=C(NCc1coc(-c2ccccc2)n1)NC1CCc2ccccc2C1. The van der Waals surface area contributed by atoms with Gasteiger partial charge in [-0.05, 0) is 42.5 Å². The third-order valence-corrected chi connectivity index (χ3v) is 4.92. The topological polar surface area (TPSA) is 62.5 Å². The van der Waals surface area contributed by atoms with Gasteiger partial charge in [-0.3, -0.25) is 4.99 Å². The summed E-state index contributed by atoms with van der Waals surface area (Å²) >= 11 is 0. The van der Waals surface area contributed by atoms with E-state index in [1.807, 2.05) is 30.3 Å². The smallest absolute Gasteiger partial charge is 0.226 e. The zero-order chi connectivity index (χ0) is 18.5. The molecule has 1 aromatic heterocycles. The molecule has 3 aromatic rings. The largest absolute Gasteiger partial charge is 0.444 e. The second kappa shape index (κ2) is 8.08. The van der Waals surface area contributed by atoms with Gasteiger partial charge in [-0.25, -0.2) is 4.98 Å². The third-order valence-electron chi connectivity index (χ3n) is 4.92. The van der Waals surface area contributed by atoms with Gasteiger partial charge in [0.15, 0.2) is 5.96 Å². The van der Waals surface area contributed by atoms with E-state index < -0.39 is 0 Å². The number of nitrogens with one attached hydrogen (secondary N) is 2. The molecule has 27 heavy (non-hydrogen) atoms. The molecule has 0 bridgehead atoms. The average Bonchev–Trinajstić information content (AvgIpc) is 3.21. The highest BCUT2D eigenvalue weighted by molar-refractivity contribution is 5.80. The zero-order valence-corrected chi connectivity index (χ0v) is 15.5. The van der Waals surface area contributed by atoms with Crippen LogP contribution in [0, 0.1) is 0 Å². The lowest BCUT2D eigenvalue weighted by Gasteiger charge is -2.27. The van der Waals surface area contributed by atoms with Gasteiger partial charge in [0.1, 0.15) is 6.26 Å². The van der Waals surface area contributed by atoms with Gasteiger partial charge in [0, 0.05) is 18.7 Å². The van der Waals surface area contributed by atoms with Crippen molar-refractivity contribution in [3.8, 4) is 11.5 Å². The molecule has 2 aromatic carbocycles. The summed E-state index contributed by atoms with van der Waals surface area (Å²) in [5.74, 6) is 1.43. The van der Waals surface area contributed by atoms with Crippen LogP contribution in [0.15, 0.2) is 70.3 Å². The maximum Gasteiger partial charge on any atom is 0.226 e. The number of aromatic nitrogens is 1. The second-order valence-electron chi connectivity index (χ2n) is 6.79. The Kier molecular flexibility index (Phi) is 5.19. The fourth-order valence-electron chi connectivity index (χ4n) is 3.48. The minimum absolute atomic E-state index is 0.392. The molecule has 2 N–H and O–H groups in total. The number of oxazole rings is 1. The van der Waals surface area contributed by atoms with Gasteiger partial charge in [-0.2, -0.15) is 0 Å². The summed E-state index contributed by atoms with van der Waals surface area (Å²) in [4.78, 5) is 8.91. The normalized spacial score (nSPS) is 16.6. The lowest BCUT2D eigenvalue weighted by atomic mass is 9.88. The Morgan fingerprint density at radius 1 is 1.11 bits per heavy atom. The van der Waals surface area contributed by atoms with Crippen molar-refractivity contribution in [3.63, 3.8) is 0 Å². The van der Waals surface area contributed by atoms with E-state index in [1.54, 1.807) is 13.3 Å². The molecule has 138 valence electrons. The van der Waals surface area contributed by atoms with Crippen LogP contribution >= 0.6 is 0 Å². The molecule has 0 saturated carbocycles. The fourth-order valence-corrected chi connectivity index (χ4v) is 3.48. The van der Waals surface area contributed by atoms with E-state index >= 15 is 0 Å². The third kappa shape index (κ3) is 4.19. The standard InChI is InChI=1S/C22H24N4O/c1-23-22(26-19-12-11-16-7-5-6-10-18(16)13-19)24-14-20-15-27-21(25-20)17-8-3-2-4-9-17/h2-10,15,19H,11-14H2,1H3,(H2,23,24,26). The summed E-state index contributed by atoms with van der Waals surface area (Å²) < 4.78 is 5.59. The summed E-state index contributed by atoms with van der Waals surface area (Å²) in [5, 5.41) is 6.87. The molecular formula is C22H24N4O. The van der Waals surface area contributed by atoms with Gasteiger partial charge < -0.3 is 15.1 Å². The van der Waals surface area contributed by atoms with E-state index in [2.05, 4.69) is 44.9 Å². The van der Waals surface area contributed by atoms with Gasteiger partial charge in [0.2, 0.25) is 5.89 Å². The summed E-state index contributed by atoms with van der Waals surface area (Å²) in [6.45, 7) is 0.569. The van der Waals surface area contributed by atoms with Gasteiger partial charge in [0.25, 0.3) is 0 Å². The number of benzene rings is 2. The van der Waals surface area contributed by atoms with E-state index in [4.69, 9.17) is 4.42 Å². The van der Waals surface area contributed by atoms with Crippen LogP contribution in [0.2, 0.25) is 0 Å². The van der Waals surface area contributed by atoms with E-state index in [0.717, 1.165) is 36.5 Å². The summed E-state index contributed by atoms with van der Waals surface area (Å²) in [5.41, 5.74) is 4.73. The Bertz CT molecular complexity index is 917. The molecular weight excluding hydrogens is 336 g/mol.